The first kappa shape index (κ1) is 30.7. The van der Waals surface area contributed by atoms with E-state index in [9.17, 15) is 24.3 Å². The number of benzene rings is 1. The fourth-order valence-electron chi connectivity index (χ4n) is 4.21. The topological polar surface area (TPSA) is 221 Å². The molecule has 216 valence electrons. The zero-order valence-corrected chi connectivity index (χ0v) is 22.8. The summed E-state index contributed by atoms with van der Waals surface area (Å²) in [6, 6.07) is 3.12. The smallest absolute Gasteiger partial charge is 0.326 e. The number of amides is 3. The highest BCUT2D eigenvalue weighted by Gasteiger charge is 2.31. The van der Waals surface area contributed by atoms with Crippen LogP contribution in [0.5, 0.6) is 0 Å². The number of aromatic amines is 2. The third-order valence-corrected chi connectivity index (χ3v) is 6.83. The first-order valence-electron chi connectivity index (χ1n) is 13.0. The predicted molar refractivity (Wildman–Crippen MR) is 152 cm³/mol. The van der Waals surface area contributed by atoms with Gasteiger partial charge in [-0.05, 0) is 37.4 Å². The van der Waals surface area contributed by atoms with Crippen molar-refractivity contribution in [3.8, 4) is 0 Å². The van der Waals surface area contributed by atoms with Gasteiger partial charge in [-0.2, -0.15) is 12.6 Å². The van der Waals surface area contributed by atoms with Crippen LogP contribution in [-0.2, 0) is 32.0 Å². The zero-order chi connectivity index (χ0) is 29.1. The number of imidazole rings is 1. The van der Waals surface area contributed by atoms with E-state index < -0.39 is 47.9 Å². The molecule has 2 heterocycles. The molecule has 14 heteroatoms. The van der Waals surface area contributed by atoms with Crippen LogP contribution >= 0.6 is 12.6 Å². The molecule has 4 atom stereocenters. The molecular formula is C26H36N8O5S. The molecule has 10 N–H and O–H groups in total. The summed E-state index contributed by atoms with van der Waals surface area (Å²) in [6.07, 6.45) is 6.12. The van der Waals surface area contributed by atoms with Crippen LogP contribution in [0, 0.1) is 0 Å². The number of para-hydroxylation sites is 1. The number of H-pyrrole nitrogens is 2. The number of carbonyl (C=O) groups is 4. The van der Waals surface area contributed by atoms with Gasteiger partial charge in [0.1, 0.15) is 18.1 Å². The maximum Gasteiger partial charge on any atom is 0.326 e. The normalized spacial score (nSPS) is 14.2. The number of fused-ring (bicyclic) bond motifs is 1. The van der Waals surface area contributed by atoms with Crippen LogP contribution in [0.25, 0.3) is 10.9 Å². The Balaban J connectivity index is 1.86. The highest BCUT2D eigenvalue weighted by molar-refractivity contribution is 7.80. The first-order chi connectivity index (χ1) is 19.2. The standard InChI is InChI=1S/C26H36N8O5S/c27-8-4-3-7-20(26(38)39)32-24(36)21(9-15-11-30-19-6-2-1-5-17(15)19)34-25(37)22(10-16-12-29-14-31-16)33-23(35)18(28)13-40/h1-2,5-6,11-12,14,18,20-22,30,40H,3-4,7-10,13,27-28H2,(H,29,31)(H,32,36)(H,33,35)(H,34,37)(H,38,39). The number of hydrogen-bond acceptors (Lipinski definition) is 8. The lowest BCUT2D eigenvalue weighted by atomic mass is 10.0. The van der Waals surface area contributed by atoms with E-state index >= 15 is 0 Å². The number of unbranched alkanes of at least 4 members (excludes halogenated alkanes) is 1. The average Bonchev–Trinajstić information content (AvgIpc) is 3.61. The number of nitrogens with two attached hydrogens (primary N) is 2. The monoisotopic (exact) mass is 572 g/mol. The van der Waals surface area contributed by atoms with Gasteiger partial charge in [0.05, 0.1) is 12.4 Å². The van der Waals surface area contributed by atoms with Crippen molar-refractivity contribution >= 4 is 47.2 Å². The van der Waals surface area contributed by atoms with Crippen molar-refractivity contribution in [3.63, 3.8) is 0 Å². The number of carbonyl (C=O) groups excluding carboxylic acids is 3. The second kappa shape index (κ2) is 15.1. The van der Waals surface area contributed by atoms with Crippen molar-refractivity contribution in [2.45, 2.75) is 56.3 Å². The Bertz CT molecular complexity index is 1280. The van der Waals surface area contributed by atoms with E-state index in [2.05, 4.69) is 43.5 Å². The first-order valence-corrected chi connectivity index (χ1v) is 13.6. The summed E-state index contributed by atoms with van der Waals surface area (Å²) >= 11 is 4.04. The van der Waals surface area contributed by atoms with E-state index in [-0.39, 0.29) is 25.0 Å². The fourth-order valence-corrected chi connectivity index (χ4v) is 4.38. The van der Waals surface area contributed by atoms with Crippen LogP contribution in [0.1, 0.15) is 30.5 Å². The van der Waals surface area contributed by atoms with Crippen molar-refractivity contribution < 1.29 is 24.3 Å². The van der Waals surface area contributed by atoms with Crippen LogP contribution in [-0.4, -0.2) is 80.2 Å². The van der Waals surface area contributed by atoms with Crippen molar-refractivity contribution in [2.75, 3.05) is 12.3 Å². The zero-order valence-electron chi connectivity index (χ0n) is 21.9. The summed E-state index contributed by atoms with van der Waals surface area (Å²) in [5, 5.41) is 18.4. The van der Waals surface area contributed by atoms with E-state index in [1.807, 2.05) is 24.3 Å². The van der Waals surface area contributed by atoms with Gasteiger partial charge in [0.25, 0.3) is 0 Å². The number of nitrogens with one attached hydrogen (secondary N) is 5. The number of hydrogen-bond donors (Lipinski definition) is 9. The molecule has 4 unspecified atom stereocenters. The molecule has 40 heavy (non-hydrogen) atoms. The van der Waals surface area contributed by atoms with Gasteiger partial charge in [-0.25, -0.2) is 9.78 Å². The molecule has 0 bridgehead atoms. The summed E-state index contributed by atoms with van der Waals surface area (Å²) < 4.78 is 0. The lowest BCUT2D eigenvalue weighted by molar-refractivity contribution is -0.142. The van der Waals surface area contributed by atoms with Crippen LogP contribution in [0.15, 0.2) is 43.0 Å². The van der Waals surface area contributed by atoms with Gasteiger partial charge in [-0.1, -0.05) is 18.2 Å². The minimum absolute atomic E-state index is 0.0507. The van der Waals surface area contributed by atoms with Gasteiger partial charge in [-0.3, -0.25) is 14.4 Å². The quantitative estimate of drug-likeness (QED) is 0.0810. The van der Waals surface area contributed by atoms with Crippen LogP contribution in [0.4, 0.5) is 0 Å². The lowest BCUT2D eigenvalue weighted by Gasteiger charge is -2.25. The van der Waals surface area contributed by atoms with E-state index in [0.29, 0.717) is 25.1 Å². The maximum atomic E-state index is 13.5. The Morgan fingerprint density at radius 3 is 2.27 bits per heavy atom. The summed E-state index contributed by atoms with van der Waals surface area (Å²) in [4.78, 5) is 61.3. The van der Waals surface area contributed by atoms with Gasteiger partial charge in [0.2, 0.25) is 17.7 Å². The molecule has 0 saturated heterocycles. The summed E-state index contributed by atoms with van der Waals surface area (Å²) in [5.74, 6) is -3.02. The molecule has 0 aliphatic rings. The summed E-state index contributed by atoms with van der Waals surface area (Å²) in [5.41, 5.74) is 13.5. The maximum absolute atomic E-state index is 13.5. The molecule has 3 amide bonds. The van der Waals surface area contributed by atoms with Gasteiger partial charge in [-0.15, -0.1) is 0 Å². The molecule has 1 aromatic carbocycles. The van der Waals surface area contributed by atoms with E-state index in [4.69, 9.17) is 11.5 Å². The minimum atomic E-state index is -1.19. The number of carboxylic acids is 1. The Morgan fingerprint density at radius 2 is 1.62 bits per heavy atom. The fraction of sp³-hybridized carbons (Fsp3) is 0.423. The number of aromatic nitrogens is 3. The third kappa shape index (κ3) is 8.56. The van der Waals surface area contributed by atoms with Gasteiger partial charge >= 0.3 is 5.97 Å². The summed E-state index contributed by atoms with van der Waals surface area (Å²) in [7, 11) is 0. The Labute approximate surface area is 236 Å². The van der Waals surface area contributed by atoms with E-state index in [1.165, 1.54) is 12.5 Å². The minimum Gasteiger partial charge on any atom is -0.480 e. The number of thiol groups is 1. The Hall–Kier alpha value is -3.88. The largest absolute Gasteiger partial charge is 0.480 e. The van der Waals surface area contributed by atoms with Gasteiger partial charge < -0.3 is 42.5 Å². The average molecular weight is 573 g/mol. The van der Waals surface area contributed by atoms with Crippen molar-refractivity contribution in [1.82, 2.24) is 30.9 Å². The van der Waals surface area contributed by atoms with Gasteiger partial charge in [0, 0.05) is 47.6 Å². The number of rotatable bonds is 16. The molecule has 3 rings (SSSR count). The molecular weight excluding hydrogens is 536 g/mol. The molecule has 3 aromatic rings. The molecule has 13 nitrogen and oxygen atoms in total. The number of nitrogens with zero attached hydrogens (tertiary/aromatic N) is 1. The highest BCUT2D eigenvalue weighted by atomic mass is 32.1. The summed E-state index contributed by atoms with van der Waals surface area (Å²) in [6.45, 7) is 0.403. The molecule has 0 aliphatic carbocycles. The third-order valence-electron chi connectivity index (χ3n) is 6.44. The highest BCUT2D eigenvalue weighted by Crippen LogP contribution is 2.19. The molecule has 2 aromatic heterocycles. The van der Waals surface area contributed by atoms with Crippen molar-refractivity contribution in [3.05, 3.63) is 54.2 Å². The second-order valence-corrected chi connectivity index (χ2v) is 9.81. The van der Waals surface area contributed by atoms with Gasteiger partial charge in [0.15, 0.2) is 0 Å². The molecule has 0 saturated carbocycles. The van der Waals surface area contributed by atoms with E-state index in [0.717, 1.165) is 16.5 Å². The van der Waals surface area contributed by atoms with Crippen molar-refractivity contribution in [1.29, 1.82) is 0 Å². The molecule has 0 spiro atoms. The van der Waals surface area contributed by atoms with Crippen LogP contribution in [0.3, 0.4) is 0 Å². The molecule has 0 fully saturated rings. The van der Waals surface area contributed by atoms with Crippen LogP contribution < -0.4 is 27.4 Å². The predicted octanol–water partition coefficient (Wildman–Crippen LogP) is -0.399. The van der Waals surface area contributed by atoms with Crippen molar-refractivity contribution in [2.24, 2.45) is 11.5 Å². The molecule has 0 aliphatic heterocycles. The Kier molecular flexibility index (Phi) is 11.5. The lowest BCUT2D eigenvalue weighted by Crippen LogP contribution is -2.58. The van der Waals surface area contributed by atoms with E-state index in [1.54, 1.807) is 6.20 Å². The molecule has 0 radical (unpaired) electrons. The SMILES string of the molecule is NCCCCC(NC(=O)C(Cc1c[nH]c2ccccc12)NC(=O)C(Cc1cnc[nH]1)NC(=O)C(N)CS)C(=O)O. The number of carboxylic acid groups (broad SMARTS) is 1. The van der Waals surface area contributed by atoms with Crippen LogP contribution in [0.2, 0.25) is 0 Å². The second-order valence-electron chi connectivity index (χ2n) is 9.44. The number of aliphatic carboxylic acids is 1. The Morgan fingerprint density at radius 1 is 0.950 bits per heavy atom.